The van der Waals surface area contributed by atoms with E-state index in [1.807, 2.05) is 0 Å². The van der Waals surface area contributed by atoms with Crippen molar-refractivity contribution in [3.05, 3.63) is 0 Å². The van der Waals surface area contributed by atoms with Gasteiger partial charge in [-0.1, -0.05) is 19.8 Å². The molecule has 0 radical (unpaired) electrons. The Morgan fingerprint density at radius 3 is 2.72 bits per heavy atom. The predicted molar refractivity (Wildman–Crippen MR) is 74.6 cm³/mol. The van der Waals surface area contributed by atoms with Gasteiger partial charge in [-0.2, -0.15) is 0 Å². The minimum Gasteiger partial charge on any atom is -0.385 e. The molecule has 0 heterocycles. The van der Waals surface area contributed by atoms with Crippen molar-refractivity contribution in [3.8, 4) is 0 Å². The van der Waals surface area contributed by atoms with Crippen LogP contribution in [-0.2, 0) is 14.6 Å². The summed E-state index contributed by atoms with van der Waals surface area (Å²) in [5, 5.41) is 3.39. The van der Waals surface area contributed by atoms with E-state index in [-0.39, 0.29) is 11.5 Å². The molecule has 1 aliphatic rings. The van der Waals surface area contributed by atoms with E-state index >= 15 is 0 Å². The average molecular weight is 277 g/mol. The molecule has 0 bridgehead atoms. The molecule has 0 aromatic carbocycles. The van der Waals surface area contributed by atoms with E-state index in [1.165, 1.54) is 25.7 Å². The second-order valence-electron chi connectivity index (χ2n) is 5.42. The van der Waals surface area contributed by atoms with Crippen LogP contribution in [0.15, 0.2) is 0 Å². The first kappa shape index (κ1) is 15.9. The average Bonchev–Trinajstić information content (AvgIpc) is 2.29. The van der Waals surface area contributed by atoms with Crippen molar-refractivity contribution in [2.75, 3.05) is 31.8 Å². The highest BCUT2D eigenvalue weighted by atomic mass is 32.2. The van der Waals surface area contributed by atoms with Crippen LogP contribution in [0.4, 0.5) is 0 Å². The molecule has 1 rings (SSSR count). The van der Waals surface area contributed by atoms with Gasteiger partial charge in [0.15, 0.2) is 9.84 Å². The largest absolute Gasteiger partial charge is 0.385 e. The molecule has 0 aromatic heterocycles. The van der Waals surface area contributed by atoms with Crippen LogP contribution in [0, 0.1) is 5.92 Å². The summed E-state index contributed by atoms with van der Waals surface area (Å²) in [5.41, 5.74) is 0. The number of nitrogens with one attached hydrogen (secondary N) is 1. The van der Waals surface area contributed by atoms with E-state index in [0.29, 0.717) is 25.6 Å². The lowest BCUT2D eigenvalue weighted by molar-refractivity contribution is 0.199. The monoisotopic (exact) mass is 277 g/mol. The van der Waals surface area contributed by atoms with Crippen LogP contribution in [-0.4, -0.2) is 46.2 Å². The van der Waals surface area contributed by atoms with Crippen LogP contribution in [0.1, 0.15) is 39.0 Å². The predicted octanol–water partition coefficient (Wildman–Crippen LogP) is 1.61. The van der Waals surface area contributed by atoms with Crippen molar-refractivity contribution in [1.29, 1.82) is 0 Å². The van der Waals surface area contributed by atoms with Gasteiger partial charge in [-0.15, -0.1) is 0 Å². The van der Waals surface area contributed by atoms with Crippen LogP contribution >= 0.6 is 0 Å². The molecule has 0 saturated heterocycles. The standard InChI is InChI=1S/C13H27NO3S/c1-12-5-3-6-13(11-12)14-7-10-18(15,16)9-4-8-17-2/h12-14H,3-11H2,1-2H3. The molecule has 2 atom stereocenters. The number of ether oxygens (including phenoxy) is 1. The second kappa shape index (κ2) is 8.12. The Kier molecular flexibility index (Phi) is 7.19. The van der Waals surface area contributed by atoms with E-state index in [0.717, 1.165) is 5.92 Å². The first-order valence-corrected chi connectivity index (χ1v) is 8.78. The van der Waals surface area contributed by atoms with Crippen LogP contribution in [0.25, 0.3) is 0 Å². The molecule has 5 heteroatoms. The van der Waals surface area contributed by atoms with Crippen LogP contribution < -0.4 is 5.32 Å². The van der Waals surface area contributed by atoms with Gasteiger partial charge >= 0.3 is 0 Å². The van der Waals surface area contributed by atoms with Crippen molar-refractivity contribution in [1.82, 2.24) is 5.32 Å². The molecular formula is C13H27NO3S. The second-order valence-corrected chi connectivity index (χ2v) is 7.72. The topological polar surface area (TPSA) is 55.4 Å². The highest BCUT2D eigenvalue weighted by Gasteiger charge is 2.19. The number of rotatable bonds is 8. The van der Waals surface area contributed by atoms with Crippen LogP contribution in [0.2, 0.25) is 0 Å². The third kappa shape index (κ3) is 6.71. The Morgan fingerprint density at radius 2 is 2.06 bits per heavy atom. The van der Waals surface area contributed by atoms with Gasteiger partial charge in [-0.05, 0) is 25.2 Å². The lowest BCUT2D eigenvalue weighted by Crippen LogP contribution is -2.36. The molecule has 4 nitrogen and oxygen atoms in total. The molecule has 2 unspecified atom stereocenters. The maximum absolute atomic E-state index is 11.7. The summed E-state index contributed by atoms with van der Waals surface area (Å²) >= 11 is 0. The highest BCUT2D eigenvalue weighted by Crippen LogP contribution is 2.23. The molecule has 0 aliphatic heterocycles. The minimum absolute atomic E-state index is 0.240. The highest BCUT2D eigenvalue weighted by molar-refractivity contribution is 7.91. The fraction of sp³-hybridized carbons (Fsp3) is 1.00. The summed E-state index contributed by atoms with van der Waals surface area (Å²) in [6, 6.07) is 0.517. The first-order valence-electron chi connectivity index (χ1n) is 6.96. The van der Waals surface area contributed by atoms with Gasteiger partial charge < -0.3 is 10.1 Å². The van der Waals surface area contributed by atoms with Crippen molar-refractivity contribution in [2.24, 2.45) is 5.92 Å². The first-order chi connectivity index (χ1) is 8.53. The molecule has 108 valence electrons. The molecular weight excluding hydrogens is 250 g/mol. The lowest BCUT2D eigenvalue weighted by Gasteiger charge is -2.27. The molecule has 0 amide bonds. The van der Waals surface area contributed by atoms with Crippen molar-refractivity contribution >= 4 is 9.84 Å². The Morgan fingerprint density at radius 1 is 1.28 bits per heavy atom. The van der Waals surface area contributed by atoms with Crippen LogP contribution in [0.3, 0.4) is 0 Å². The zero-order chi connectivity index (χ0) is 13.4. The summed E-state index contributed by atoms with van der Waals surface area (Å²) < 4.78 is 28.3. The van der Waals surface area contributed by atoms with Gasteiger partial charge in [0.25, 0.3) is 0 Å². The molecule has 18 heavy (non-hydrogen) atoms. The normalized spacial score (nSPS) is 25.2. The summed E-state index contributed by atoms with van der Waals surface area (Å²) in [6.45, 7) is 3.38. The van der Waals surface area contributed by atoms with E-state index in [4.69, 9.17) is 4.74 Å². The Labute approximate surface area is 111 Å². The zero-order valence-corrected chi connectivity index (χ0v) is 12.5. The molecule has 1 saturated carbocycles. The lowest BCUT2D eigenvalue weighted by atomic mass is 9.87. The van der Waals surface area contributed by atoms with Gasteiger partial charge in [-0.3, -0.25) is 0 Å². The quantitative estimate of drug-likeness (QED) is 0.685. The molecule has 1 N–H and O–H groups in total. The summed E-state index contributed by atoms with van der Waals surface area (Å²) in [7, 11) is -1.32. The number of methoxy groups -OCH3 is 1. The number of sulfone groups is 1. The third-order valence-corrected chi connectivity index (χ3v) is 5.32. The number of hydrogen-bond acceptors (Lipinski definition) is 4. The molecule has 0 spiro atoms. The minimum atomic E-state index is -2.91. The van der Waals surface area contributed by atoms with Gasteiger partial charge in [-0.25, -0.2) is 8.42 Å². The maximum atomic E-state index is 11.7. The number of hydrogen-bond donors (Lipinski definition) is 1. The Hall–Kier alpha value is -0.130. The van der Waals surface area contributed by atoms with E-state index in [2.05, 4.69) is 12.2 Å². The molecule has 1 aliphatic carbocycles. The fourth-order valence-corrected chi connectivity index (χ4v) is 3.75. The van der Waals surface area contributed by atoms with Crippen LogP contribution in [0.5, 0.6) is 0 Å². The molecule has 1 fully saturated rings. The SMILES string of the molecule is COCCCS(=O)(=O)CCNC1CCCC(C)C1. The fourth-order valence-electron chi connectivity index (χ4n) is 2.56. The van der Waals surface area contributed by atoms with E-state index in [1.54, 1.807) is 7.11 Å². The van der Waals surface area contributed by atoms with Gasteiger partial charge in [0, 0.05) is 26.3 Å². The Balaban J connectivity index is 2.15. The van der Waals surface area contributed by atoms with Gasteiger partial charge in [0.1, 0.15) is 0 Å². The van der Waals surface area contributed by atoms with E-state index < -0.39 is 9.84 Å². The third-order valence-electron chi connectivity index (χ3n) is 3.59. The zero-order valence-electron chi connectivity index (χ0n) is 11.7. The van der Waals surface area contributed by atoms with Crippen molar-refractivity contribution < 1.29 is 13.2 Å². The van der Waals surface area contributed by atoms with Gasteiger partial charge in [0.05, 0.1) is 11.5 Å². The van der Waals surface area contributed by atoms with Crippen molar-refractivity contribution in [3.63, 3.8) is 0 Å². The summed E-state index contributed by atoms with van der Waals surface area (Å²) in [6.07, 6.45) is 5.55. The van der Waals surface area contributed by atoms with Crippen molar-refractivity contribution in [2.45, 2.75) is 45.1 Å². The Bertz CT molecular complexity index is 316. The maximum Gasteiger partial charge on any atom is 0.151 e. The summed E-state index contributed by atoms with van der Waals surface area (Å²) in [5.74, 6) is 1.26. The summed E-state index contributed by atoms with van der Waals surface area (Å²) in [4.78, 5) is 0. The molecule has 0 aromatic rings. The van der Waals surface area contributed by atoms with Gasteiger partial charge in [0.2, 0.25) is 0 Å². The smallest absolute Gasteiger partial charge is 0.151 e. The van der Waals surface area contributed by atoms with E-state index in [9.17, 15) is 8.42 Å².